The van der Waals surface area contributed by atoms with Crippen molar-refractivity contribution in [2.45, 2.75) is 33.4 Å². The maximum atomic E-state index is 12.8. The van der Waals surface area contributed by atoms with E-state index < -0.39 is 6.04 Å². The van der Waals surface area contributed by atoms with Gasteiger partial charge in [-0.3, -0.25) is 14.3 Å². The Morgan fingerprint density at radius 2 is 1.92 bits per heavy atom. The first kappa shape index (κ1) is 18.2. The molecule has 0 bridgehead atoms. The van der Waals surface area contributed by atoms with Crippen LogP contribution in [-0.2, 0) is 11.3 Å². The van der Waals surface area contributed by atoms with E-state index in [4.69, 9.17) is 0 Å². The summed E-state index contributed by atoms with van der Waals surface area (Å²) in [6.45, 7) is 8.46. The van der Waals surface area contributed by atoms with Crippen molar-refractivity contribution in [3.05, 3.63) is 53.9 Å². The van der Waals surface area contributed by atoms with Gasteiger partial charge in [0, 0.05) is 25.8 Å². The van der Waals surface area contributed by atoms with Gasteiger partial charge in [-0.25, -0.2) is 0 Å². The minimum Gasteiger partial charge on any atom is -0.339 e. The zero-order valence-electron chi connectivity index (χ0n) is 15.6. The molecule has 2 heterocycles. The Morgan fingerprint density at radius 3 is 2.62 bits per heavy atom. The molecule has 1 aliphatic heterocycles. The standard InChI is InChI=1S/C20H26N4O2/c1-15(2)13-22-11-12-24(16(3)19(22)25)20(26)18-9-10-23(21-18)14-17-7-5-4-6-8-17/h4-10,15-16H,11-14H2,1-3H3. The number of rotatable bonds is 5. The van der Waals surface area contributed by atoms with Gasteiger partial charge >= 0.3 is 0 Å². The van der Waals surface area contributed by atoms with Crippen LogP contribution in [0.15, 0.2) is 42.6 Å². The Balaban J connectivity index is 1.67. The van der Waals surface area contributed by atoms with Crippen molar-refractivity contribution in [2.24, 2.45) is 5.92 Å². The molecule has 1 fully saturated rings. The Morgan fingerprint density at radius 1 is 1.19 bits per heavy atom. The van der Waals surface area contributed by atoms with E-state index in [0.717, 1.165) is 12.1 Å². The van der Waals surface area contributed by atoms with E-state index in [-0.39, 0.29) is 11.8 Å². The number of carbonyl (C=O) groups is 2. The fourth-order valence-electron chi connectivity index (χ4n) is 3.31. The molecule has 3 rings (SSSR count). The predicted molar refractivity (Wildman–Crippen MR) is 99.7 cm³/mol. The second-order valence-electron chi connectivity index (χ2n) is 7.24. The number of aromatic nitrogens is 2. The first-order valence-corrected chi connectivity index (χ1v) is 9.13. The summed E-state index contributed by atoms with van der Waals surface area (Å²) in [4.78, 5) is 28.9. The van der Waals surface area contributed by atoms with E-state index in [0.29, 0.717) is 31.2 Å². The number of hydrogen-bond donors (Lipinski definition) is 0. The average Bonchev–Trinajstić information content (AvgIpc) is 3.08. The Bertz CT molecular complexity index is 769. The van der Waals surface area contributed by atoms with Gasteiger partial charge < -0.3 is 9.80 Å². The Hall–Kier alpha value is -2.63. The van der Waals surface area contributed by atoms with E-state index in [1.807, 2.05) is 41.4 Å². The molecule has 0 radical (unpaired) electrons. The van der Waals surface area contributed by atoms with Crippen molar-refractivity contribution in [3.63, 3.8) is 0 Å². The molecule has 1 atom stereocenters. The first-order valence-electron chi connectivity index (χ1n) is 9.13. The highest BCUT2D eigenvalue weighted by Crippen LogP contribution is 2.16. The van der Waals surface area contributed by atoms with Crippen LogP contribution in [0.25, 0.3) is 0 Å². The summed E-state index contributed by atoms with van der Waals surface area (Å²) in [6, 6.07) is 11.3. The summed E-state index contributed by atoms with van der Waals surface area (Å²) in [5.41, 5.74) is 1.51. The van der Waals surface area contributed by atoms with Crippen molar-refractivity contribution in [3.8, 4) is 0 Å². The molecular weight excluding hydrogens is 328 g/mol. The van der Waals surface area contributed by atoms with Gasteiger partial charge in [0.15, 0.2) is 0 Å². The topological polar surface area (TPSA) is 58.4 Å². The quantitative estimate of drug-likeness (QED) is 0.828. The molecule has 0 spiro atoms. The van der Waals surface area contributed by atoms with Gasteiger partial charge in [0.05, 0.1) is 6.54 Å². The minimum atomic E-state index is -0.450. The lowest BCUT2D eigenvalue weighted by molar-refractivity contribution is -0.140. The summed E-state index contributed by atoms with van der Waals surface area (Å²) < 4.78 is 1.75. The van der Waals surface area contributed by atoms with Gasteiger partial charge in [-0.2, -0.15) is 5.10 Å². The van der Waals surface area contributed by atoms with Crippen LogP contribution >= 0.6 is 0 Å². The summed E-state index contributed by atoms with van der Waals surface area (Å²) in [7, 11) is 0. The van der Waals surface area contributed by atoms with Crippen LogP contribution in [0, 0.1) is 5.92 Å². The zero-order chi connectivity index (χ0) is 18.7. The maximum Gasteiger partial charge on any atom is 0.275 e. The molecule has 1 aliphatic rings. The number of benzene rings is 1. The van der Waals surface area contributed by atoms with Crippen LogP contribution in [0.4, 0.5) is 0 Å². The summed E-state index contributed by atoms with van der Waals surface area (Å²) >= 11 is 0. The van der Waals surface area contributed by atoms with Crippen LogP contribution in [0.3, 0.4) is 0 Å². The SMILES string of the molecule is CC(C)CN1CCN(C(=O)c2ccn(Cc3ccccc3)n2)C(C)C1=O. The van der Waals surface area contributed by atoms with E-state index in [2.05, 4.69) is 18.9 Å². The molecule has 1 aromatic heterocycles. The van der Waals surface area contributed by atoms with Crippen molar-refractivity contribution in [1.29, 1.82) is 0 Å². The van der Waals surface area contributed by atoms with Gasteiger partial charge in [0.25, 0.3) is 5.91 Å². The van der Waals surface area contributed by atoms with E-state index >= 15 is 0 Å². The third kappa shape index (κ3) is 3.95. The second kappa shape index (κ2) is 7.72. The van der Waals surface area contributed by atoms with Crippen LogP contribution in [0.1, 0.15) is 36.8 Å². The molecule has 26 heavy (non-hydrogen) atoms. The van der Waals surface area contributed by atoms with E-state index in [9.17, 15) is 9.59 Å². The monoisotopic (exact) mass is 354 g/mol. The number of carbonyl (C=O) groups excluding carboxylic acids is 2. The molecule has 0 aliphatic carbocycles. The lowest BCUT2D eigenvalue weighted by Gasteiger charge is -2.39. The van der Waals surface area contributed by atoms with Gasteiger partial charge in [0.1, 0.15) is 11.7 Å². The van der Waals surface area contributed by atoms with Crippen LogP contribution in [0.5, 0.6) is 0 Å². The molecule has 138 valence electrons. The number of piperazine rings is 1. The predicted octanol–water partition coefficient (Wildman–Crippen LogP) is 2.26. The van der Waals surface area contributed by atoms with Crippen LogP contribution in [0.2, 0.25) is 0 Å². The highest BCUT2D eigenvalue weighted by Gasteiger charge is 2.35. The lowest BCUT2D eigenvalue weighted by atomic mass is 10.1. The van der Waals surface area contributed by atoms with Crippen molar-refractivity contribution >= 4 is 11.8 Å². The fourth-order valence-corrected chi connectivity index (χ4v) is 3.31. The normalized spacial score (nSPS) is 17.8. The van der Waals surface area contributed by atoms with Crippen LogP contribution in [-0.4, -0.2) is 57.1 Å². The molecular formula is C20H26N4O2. The molecule has 6 nitrogen and oxygen atoms in total. The smallest absolute Gasteiger partial charge is 0.275 e. The van der Waals surface area contributed by atoms with Gasteiger partial charge in [-0.15, -0.1) is 0 Å². The molecule has 1 unspecified atom stereocenters. The van der Waals surface area contributed by atoms with Crippen molar-refractivity contribution < 1.29 is 9.59 Å². The van der Waals surface area contributed by atoms with E-state index in [1.54, 1.807) is 22.6 Å². The highest BCUT2D eigenvalue weighted by atomic mass is 16.2. The van der Waals surface area contributed by atoms with E-state index in [1.165, 1.54) is 0 Å². The highest BCUT2D eigenvalue weighted by molar-refractivity contribution is 5.96. The second-order valence-corrected chi connectivity index (χ2v) is 7.24. The summed E-state index contributed by atoms with van der Waals surface area (Å²) in [5, 5.41) is 4.41. The number of hydrogen-bond acceptors (Lipinski definition) is 3. The molecule has 2 aromatic rings. The molecule has 1 aromatic carbocycles. The van der Waals surface area contributed by atoms with Gasteiger partial charge in [0.2, 0.25) is 5.91 Å². The maximum absolute atomic E-state index is 12.8. The number of amides is 2. The average molecular weight is 354 g/mol. The third-order valence-corrected chi connectivity index (χ3v) is 4.64. The zero-order valence-corrected chi connectivity index (χ0v) is 15.6. The Kier molecular flexibility index (Phi) is 5.40. The van der Waals surface area contributed by atoms with Crippen LogP contribution < -0.4 is 0 Å². The molecule has 2 amide bonds. The minimum absolute atomic E-state index is 0.0158. The molecule has 0 saturated carbocycles. The summed E-state index contributed by atoms with van der Waals surface area (Å²) in [6.07, 6.45) is 1.81. The largest absolute Gasteiger partial charge is 0.339 e. The van der Waals surface area contributed by atoms with Crippen molar-refractivity contribution in [2.75, 3.05) is 19.6 Å². The first-order chi connectivity index (χ1) is 12.5. The fraction of sp³-hybridized carbons (Fsp3) is 0.450. The molecule has 6 heteroatoms. The van der Waals surface area contributed by atoms with Gasteiger partial charge in [-0.05, 0) is 24.5 Å². The van der Waals surface area contributed by atoms with Crippen molar-refractivity contribution in [1.82, 2.24) is 19.6 Å². The summed E-state index contributed by atoms with van der Waals surface area (Å²) in [5.74, 6) is 0.256. The molecule has 0 N–H and O–H groups in total. The number of nitrogens with zero attached hydrogens (tertiary/aromatic N) is 4. The third-order valence-electron chi connectivity index (χ3n) is 4.64. The van der Waals surface area contributed by atoms with Gasteiger partial charge in [-0.1, -0.05) is 44.2 Å². The molecule has 1 saturated heterocycles. The Labute approximate surface area is 154 Å². The lowest BCUT2D eigenvalue weighted by Crippen LogP contribution is -2.58.